The molecule has 0 aliphatic carbocycles. The molecule has 1 rings (SSSR count). The van der Waals surface area contributed by atoms with E-state index in [1.807, 2.05) is 0 Å². The minimum atomic E-state index is -0.972. The van der Waals surface area contributed by atoms with Crippen molar-refractivity contribution in [2.45, 2.75) is 25.8 Å². The van der Waals surface area contributed by atoms with E-state index in [0.29, 0.717) is 0 Å². The van der Waals surface area contributed by atoms with Crippen LogP contribution in [-0.4, -0.2) is 23.1 Å². The van der Waals surface area contributed by atoms with E-state index < -0.39 is 29.7 Å². The molecule has 1 unspecified atom stereocenters. The van der Waals surface area contributed by atoms with Crippen molar-refractivity contribution in [2.75, 3.05) is 5.32 Å². The Bertz CT molecular complexity index is 526. The van der Waals surface area contributed by atoms with Crippen LogP contribution in [0.2, 0.25) is 0 Å². The number of anilines is 1. The summed E-state index contributed by atoms with van der Waals surface area (Å²) in [4.78, 5) is 21.9. The molecular formula is C12H13BrF2N2O3. The maximum atomic E-state index is 13.5. The average Bonchev–Trinajstić information content (AvgIpc) is 2.33. The minimum absolute atomic E-state index is 0.0456. The van der Waals surface area contributed by atoms with Crippen LogP contribution in [-0.2, 0) is 4.79 Å². The number of urea groups is 1. The fourth-order valence-electron chi connectivity index (χ4n) is 1.41. The summed E-state index contributed by atoms with van der Waals surface area (Å²) in [6.45, 7) is 1.61. The second-order valence-corrected chi connectivity index (χ2v) is 5.03. The van der Waals surface area contributed by atoms with E-state index in [9.17, 15) is 18.4 Å². The van der Waals surface area contributed by atoms with Crippen LogP contribution in [0.15, 0.2) is 16.6 Å². The molecule has 0 aliphatic rings. The third kappa shape index (κ3) is 5.12. The first-order chi connectivity index (χ1) is 9.29. The molecule has 0 spiro atoms. The van der Waals surface area contributed by atoms with E-state index in [1.54, 1.807) is 6.92 Å². The summed E-state index contributed by atoms with van der Waals surface area (Å²) in [6, 6.07) is 0.609. The summed E-state index contributed by atoms with van der Waals surface area (Å²) in [5.74, 6) is -2.47. The van der Waals surface area contributed by atoms with E-state index in [2.05, 4.69) is 26.6 Å². The van der Waals surface area contributed by atoms with E-state index >= 15 is 0 Å². The normalized spacial score (nSPS) is 11.8. The molecule has 0 saturated heterocycles. The van der Waals surface area contributed by atoms with Crippen molar-refractivity contribution in [3.8, 4) is 0 Å². The van der Waals surface area contributed by atoms with Gasteiger partial charge in [0.25, 0.3) is 0 Å². The van der Waals surface area contributed by atoms with E-state index in [-0.39, 0.29) is 23.0 Å². The van der Waals surface area contributed by atoms with Crippen LogP contribution in [0.5, 0.6) is 0 Å². The van der Waals surface area contributed by atoms with Gasteiger partial charge in [-0.2, -0.15) is 0 Å². The van der Waals surface area contributed by atoms with Gasteiger partial charge in [0, 0.05) is 18.5 Å². The summed E-state index contributed by atoms with van der Waals surface area (Å²) in [5, 5.41) is 13.1. The molecule has 0 radical (unpaired) electrons. The number of amides is 2. The summed E-state index contributed by atoms with van der Waals surface area (Å²) >= 11 is 2.82. The van der Waals surface area contributed by atoms with Crippen LogP contribution >= 0.6 is 15.9 Å². The Kier molecular flexibility index (Phi) is 5.87. The number of benzene rings is 1. The Labute approximate surface area is 122 Å². The molecule has 5 nitrogen and oxygen atoms in total. The topological polar surface area (TPSA) is 78.4 Å². The minimum Gasteiger partial charge on any atom is -0.481 e. The van der Waals surface area contributed by atoms with Crippen molar-refractivity contribution >= 4 is 33.6 Å². The van der Waals surface area contributed by atoms with E-state index in [1.165, 1.54) is 0 Å². The highest BCUT2D eigenvalue weighted by Crippen LogP contribution is 2.23. The molecular weight excluding hydrogens is 338 g/mol. The van der Waals surface area contributed by atoms with Gasteiger partial charge in [0.05, 0.1) is 10.2 Å². The highest BCUT2D eigenvalue weighted by Gasteiger charge is 2.13. The van der Waals surface area contributed by atoms with Gasteiger partial charge in [0.1, 0.15) is 11.6 Å². The van der Waals surface area contributed by atoms with Gasteiger partial charge < -0.3 is 15.7 Å². The molecule has 1 aromatic carbocycles. The first kappa shape index (κ1) is 16.4. The third-order valence-corrected chi connectivity index (χ3v) is 3.03. The molecule has 0 aromatic heterocycles. The number of rotatable bonds is 5. The van der Waals surface area contributed by atoms with Gasteiger partial charge >= 0.3 is 12.0 Å². The quantitative estimate of drug-likeness (QED) is 0.714. The van der Waals surface area contributed by atoms with Gasteiger partial charge in [-0.25, -0.2) is 13.6 Å². The lowest BCUT2D eigenvalue weighted by Crippen LogP contribution is -2.36. The highest BCUT2D eigenvalue weighted by molar-refractivity contribution is 9.10. The molecule has 20 heavy (non-hydrogen) atoms. The van der Waals surface area contributed by atoms with Crippen molar-refractivity contribution in [3.05, 3.63) is 28.2 Å². The van der Waals surface area contributed by atoms with Crippen molar-refractivity contribution in [2.24, 2.45) is 0 Å². The van der Waals surface area contributed by atoms with E-state index in [0.717, 1.165) is 12.1 Å². The Balaban J connectivity index is 2.58. The monoisotopic (exact) mass is 350 g/mol. The zero-order valence-corrected chi connectivity index (χ0v) is 12.1. The van der Waals surface area contributed by atoms with Crippen molar-refractivity contribution in [3.63, 3.8) is 0 Å². The lowest BCUT2D eigenvalue weighted by Gasteiger charge is -2.14. The number of carboxylic acid groups (broad SMARTS) is 1. The second-order valence-electron chi connectivity index (χ2n) is 4.18. The molecule has 110 valence electrons. The molecule has 0 aliphatic heterocycles. The van der Waals surface area contributed by atoms with Crippen LogP contribution in [0.25, 0.3) is 0 Å². The van der Waals surface area contributed by atoms with Crippen LogP contribution in [0.4, 0.5) is 19.3 Å². The molecule has 0 saturated carbocycles. The second kappa shape index (κ2) is 7.18. The molecule has 3 N–H and O–H groups in total. The summed E-state index contributed by atoms with van der Waals surface area (Å²) in [5.41, 5.74) is -0.298. The van der Waals surface area contributed by atoms with Gasteiger partial charge in [-0.3, -0.25) is 4.79 Å². The number of carboxylic acids is 1. The highest BCUT2D eigenvalue weighted by atomic mass is 79.9. The maximum Gasteiger partial charge on any atom is 0.319 e. The summed E-state index contributed by atoms with van der Waals surface area (Å²) < 4.78 is 26.7. The number of nitrogens with one attached hydrogen (secondary N) is 2. The average molecular weight is 351 g/mol. The summed E-state index contributed by atoms with van der Waals surface area (Å²) in [6.07, 6.45) is 0.142. The third-order valence-electron chi connectivity index (χ3n) is 2.43. The Hall–Kier alpha value is -1.70. The van der Waals surface area contributed by atoms with Gasteiger partial charge in [-0.15, -0.1) is 0 Å². The fourth-order valence-corrected chi connectivity index (χ4v) is 1.73. The molecule has 1 aromatic rings. The smallest absolute Gasteiger partial charge is 0.319 e. The number of halogens is 3. The molecule has 8 heteroatoms. The zero-order valence-electron chi connectivity index (χ0n) is 10.5. The molecule has 0 bridgehead atoms. The number of carbonyl (C=O) groups is 2. The predicted molar refractivity (Wildman–Crippen MR) is 72.5 cm³/mol. The van der Waals surface area contributed by atoms with Crippen molar-refractivity contribution in [1.29, 1.82) is 0 Å². The van der Waals surface area contributed by atoms with Crippen LogP contribution in [0.1, 0.15) is 19.8 Å². The number of aliphatic carboxylic acids is 1. The lowest BCUT2D eigenvalue weighted by atomic mass is 10.2. The first-order valence-corrected chi connectivity index (χ1v) is 6.52. The lowest BCUT2D eigenvalue weighted by molar-refractivity contribution is -0.137. The number of hydrogen-bond acceptors (Lipinski definition) is 2. The number of hydrogen-bond donors (Lipinski definition) is 3. The number of carbonyl (C=O) groups excluding carboxylic acids is 1. The van der Waals surface area contributed by atoms with Crippen molar-refractivity contribution < 1.29 is 23.5 Å². The Morgan fingerprint density at radius 3 is 2.60 bits per heavy atom. The molecule has 1 atom stereocenters. The van der Waals surface area contributed by atoms with Gasteiger partial charge in [-0.05, 0) is 35.3 Å². The zero-order chi connectivity index (χ0) is 15.3. The Morgan fingerprint density at radius 1 is 1.35 bits per heavy atom. The SMILES string of the molecule is CC(CCC(=O)O)NC(=O)Nc1cc(F)c(Br)cc1F. The fraction of sp³-hybridized carbons (Fsp3) is 0.333. The van der Waals surface area contributed by atoms with Crippen molar-refractivity contribution in [1.82, 2.24) is 5.32 Å². The van der Waals surface area contributed by atoms with Crippen LogP contribution in [0.3, 0.4) is 0 Å². The maximum absolute atomic E-state index is 13.5. The van der Waals surface area contributed by atoms with E-state index in [4.69, 9.17) is 5.11 Å². The van der Waals surface area contributed by atoms with Crippen LogP contribution in [0, 0.1) is 11.6 Å². The molecule has 2 amide bonds. The molecule has 0 fully saturated rings. The summed E-state index contributed by atoms with van der Waals surface area (Å²) in [7, 11) is 0. The predicted octanol–water partition coefficient (Wildman–Crippen LogP) is 3.10. The van der Waals surface area contributed by atoms with Crippen LogP contribution < -0.4 is 10.6 Å². The first-order valence-electron chi connectivity index (χ1n) is 5.73. The van der Waals surface area contributed by atoms with Gasteiger partial charge in [-0.1, -0.05) is 0 Å². The molecule has 0 heterocycles. The largest absolute Gasteiger partial charge is 0.481 e. The standard InChI is InChI=1S/C12H13BrF2N2O3/c1-6(2-3-11(18)19)16-12(20)17-10-5-8(14)7(13)4-9(10)15/h4-6H,2-3H2,1H3,(H,18,19)(H2,16,17,20). The van der Waals surface area contributed by atoms with Gasteiger partial charge in [0.2, 0.25) is 0 Å². The van der Waals surface area contributed by atoms with Gasteiger partial charge in [0.15, 0.2) is 0 Å². The Morgan fingerprint density at radius 2 is 2.00 bits per heavy atom.